The van der Waals surface area contributed by atoms with E-state index in [0.717, 1.165) is 5.56 Å². The molecular formula is C11H16N2O4. The molecule has 0 aromatic heterocycles. The summed E-state index contributed by atoms with van der Waals surface area (Å²) in [6.45, 7) is -0.278. The van der Waals surface area contributed by atoms with Crippen molar-refractivity contribution >= 4 is 11.9 Å². The van der Waals surface area contributed by atoms with Crippen LogP contribution in [0.15, 0.2) is 30.3 Å². The molecule has 6 heteroatoms. The van der Waals surface area contributed by atoms with Crippen molar-refractivity contribution in [1.82, 2.24) is 0 Å². The molecule has 0 aliphatic carbocycles. The van der Waals surface area contributed by atoms with Gasteiger partial charge in [0.25, 0.3) is 0 Å². The van der Waals surface area contributed by atoms with E-state index < -0.39 is 18.0 Å². The van der Waals surface area contributed by atoms with Gasteiger partial charge in [-0.3, -0.25) is 9.59 Å². The molecule has 1 atom stereocenters. The molecule has 1 aromatic carbocycles. The molecule has 0 aliphatic rings. The minimum Gasteiger partial charge on any atom is -0.480 e. The molecule has 6 N–H and O–H groups in total. The number of benzene rings is 1. The quantitative estimate of drug-likeness (QED) is 0.570. The zero-order chi connectivity index (χ0) is 13.3. The normalized spacial score (nSPS) is 10.9. The van der Waals surface area contributed by atoms with Crippen LogP contribution in [0.3, 0.4) is 0 Å². The predicted octanol–water partition coefficient (Wildman–Crippen LogP) is -0.329. The van der Waals surface area contributed by atoms with Crippen LogP contribution < -0.4 is 11.5 Å². The third-order valence-corrected chi connectivity index (χ3v) is 1.79. The third kappa shape index (κ3) is 7.95. The van der Waals surface area contributed by atoms with E-state index >= 15 is 0 Å². The maximum absolute atomic E-state index is 10.4. The van der Waals surface area contributed by atoms with Gasteiger partial charge in [0.2, 0.25) is 0 Å². The summed E-state index contributed by atoms with van der Waals surface area (Å²) in [6, 6.07) is 8.54. The second-order valence-electron chi connectivity index (χ2n) is 3.23. The zero-order valence-electron chi connectivity index (χ0n) is 9.24. The van der Waals surface area contributed by atoms with Crippen LogP contribution in [0.1, 0.15) is 5.56 Å². The molecule has 0 fully saturated rings. The minimum absolute atomic E-state index is 0.278. The summed E-state index contributed by atoms with van der Waals surface area (Å²) in [7, 11) is 0. The third-order valence-electron chi connectivity index (χ3n) is 1.79. The molecular weight excluding hydrogens is 224 g/mol. The highest BCUT2D eigenvalue weighted by molar-refractivity contribution is 5.73. The van der Waals surface area contributed by atoms with Crippen LogP contribution in [0.25, 0.3) is 0 Å². The van der Waals surface area contributed by atoms with Gasteiger partial charge in [0.05, 0.1) is 6.54 Å². The van der Waals surface area contributed by atoms with Gasteiger partial charge in [-0.2, -0.15) is 0 Å². The van der Waals surface area contributed by atoms with Crippen molar-refractivity contribution in [2.24, 2.45) is 11.5 Å². The molecule has 0 amide bonds. The fraction of sp³-hybridized carbons (Fsp3) is 0.273. The van der Waals surface area contributed by atoms with Crippen LogP contribution in [0.4, 0.5) is 0 Å². The first-order valence-electron chi connectivity index (χ1n) is 4.91. The van der Waals surface area contributed by atoms with Gasteiger partial charge in [-0.15, -0.1) is 0 Å². The molecule has 0 heterocycles. The molecule has 1 aromatic rings. The molecule has 1 rings (SSSR count). The first-order chi connectivity index (χ1) is 7.97. The van der Waals surface area contributed by atoms with E-state index in [4.69, 9.17) is 15.9 Å². The Hall–Kier alpha value is -1.92. The fourth-order valence-electron chi connectivity index (χ4n) is 0.955. The van der Waals surface area contributed by atoms with Gasteiger partial charge in [-0.1, -0.05) is 30.3 Å². The van der Waals surface area contributed by atoms with Crippen LogP contribution in [-0.2, 0) is 16.0 Å². The standard InChI is InChI=1S/C9H11NO2.C2H5NO2/c10-8(9(11)12)6-7-4-2-1-3-5-7;3-1-2(4)5/h1-5,8H,6,10H2,(H,11,12);1,3H2,(H,4,5). The summed E-state index contributed by atoms with van der Waals surface area (Å²) >= 11 is 0. The Morgan fingerprint density at radius 1 is 1.18 bits per heavy atom. The fourth-order valence-corrected chi connectivity index (χ4v) is 0.955. The summed E-state index contributed by atoms with van der Waals surface area (Å²) in [5, 5.41) is 16.1. The van der Waals surface area contributed by atoms with E-state index in [2.05, 4.69) is 5.73 Å². The number of carbonyl (C=O) groups is 2. The summed E-state index contributed by atoms with van der Waals surface area (Å²) in [4.78, 5) is 19.6. The highest BCUT2D eigenvalue weighted by Gasteiger charge is 2.10. The van der Waals surface area contributed by atoms with Crippen LogP contribution in [-0.4, -0.2) is 34.7 Å². The second kappa shape index (κ2) is 8.26. The predicted molar refractivity (Wildman–Crippen MR) is 62.4 cm³/mol. The molecule has 0 saturated carbocycles. The molecule has 0 bridgehead atoms. The van der Waals surface area contributed by atoms with Crippen molar-refractivity contribution in [3.05, 3.63) is 35.9 Å². The maximum Gasteiger partial charge on any atom is 0.320 e. The Balaban J connectivity index is 0.000000437. The minimum atomic E-state index is -0.968. The Morgan fingerprint density at radius 2 is 1.65 bits per heavy atom. The average molecular weight is 240 g/mol. The van der Waals surface area contributed by atoms with Crippen molar-refractivity contribution < 1.29 is 19.8 Å². The largest absolute Gasteiger partial charge is 0.480 e. The van der Waals surface area contributed by atoms with Gasteiger partial charge in [-0.25, -0.2) is 0 Å². The van der Waals surface area contributed by atoms with Crippen molar-refractivity contribution in [3.8, 4) is 0 Å². The van der Waals surface area contributed by atoms with Crippen molar-refractivity contribution in [3.63, 3.8) is 0 Å². The van der Waals surface area contributed by atoms with Crippen LogP contribution in [0.2, 0.25) is 0 Å². The molecule has 0 saturated heterocycles. The van der Waals surface area contributed by atoms with Gasteiger partial charge in [0.15, 0.2) is 0 Å². The lowest BCUT2D eigenvalue weighted by molar-refractivity contribution is -0.138. The van der Waals surface area contributed by atoms with Crippen LogP contribution >= 0.6 is 0 Å². The van der Waals surface area contributed by atoms with Gasteiger partial charge in [0, 0.05) is 0 Å². The molecule has 0 spiro atoms. The highest BCUT2D eigenvalue weighted by atomic mass is 16.4. The average Bonchev–Trinajstić information content (AvgIpc) is 2.31. The van der Waals surface area contributed by atoms with E-state index in [-0.39, 0.29) is 6.54 Å². The van der Waals surface area contributed by atoms with Crippen molar-refractivity contribution in [1.29, 1.82) is 0 Å². The number of nitrogens with two attached hydrogens (primary N) is 2. The van der Waals surface area contributed by atoms with Crippen LogP contribution in [0.5, 0.6) is 0 Å². The molecule has 1 unspecified atom stereocenters. The van der Waals surface area contributed by atoms with Crippen molar-refractivity contribution in [2.75, 3.05) is 6.54 Å². The van der Waals surface area contributed by atoms with Gasteiger partial charge >= 0.3 is 11.9 Å². The smallest absolute Gasteiger partial charge is 0.320 e. The Kier molecular flexibility index (Phi) is 7.32. The Bertz CT molecular complexity index is 354. The number of rotatable bonds is 4. The van der Waals surface area contributed by atoms with Gasteiger partial charge < -0.3 is 21.7 Å². The number of hydrogen-bond acceptors (Lipinski definition) is 4. The lowest BCUT2D eigenvalue weighted by atomic mass is 10.1. The molecule has 0 aliphatic heterocycles. The van der Waals surface area contributed by atoms with Gasteiger partial charge in [0.1, 0.15) is 6.04 Å². The van der Waals surface area contributed by atoms with E-state index in [1.54, 1.807) is 0 Å². The zero-order valence-corrected chi connectivity index (χ0v) is 9.24. The number of carboxylic acid groups (broad SMARTS) is 2. The molecule has 17 heavy (non-hydrogen) atoms. The van der Waals surface area contributed by atoms with E-state index in [0.29, 0.717) is 6.42 Å². The SMILES string of the molecule is NC(Cc1ccccc1)C(=O)O.NCC(=O)O. The maximum atomic E-state index is 10.4. The summed E-state index contributed by atoms with van der Waals surface area (Å²) in [6.07, 6.45) is 0.385. The van der Waals surface area contributed by atoms with Crippen molar-refractivity contribution in [2.45, 2.75) is 12.5 Å². The van der Waals surface area contributed by atoms with E-state index in [1.165, 1.54) is 0 Å². The summed E-state index contributed by atoms with van der Waals surface area (Å²) in [5.74, 6) is -1.93. The number of aliphatic carboxylic acids is 2. The number of carboxylic acids is 2. The first kappa shape index (κ1) is 15.1. The first-order valence-corrected chi connectivity index (χ1v) is 4.91. The van der Waals surface area contributed by atoms with Gasteiger partial charge in [-0.05, 0) is 12.0 Å². The topological polar surface area (TPSA) is 127 Å². The Labute approximate surface area is 98.9 Å². The lowest BCUT2D eigenvalue weighted by Gasteiger charge is -2.04. The monoisotopic (exact) mass is 240 g/mol. The second-order valence-corrected chi connectivity index (χ2v) is 3.23. The molecule has 94 valence electrons. The lowest BCUT2D eigenvalue weighted by Crippen LogP contribution is -2.32. The van der Waals surface area contributed by atoms with E-state index in [9.17, 15) is 9.59 Å². The van der Waals surface area contributed by atoms with E-state index in [1.807, 2.05) is 30.3 Å². The molecule has 0 radical (unpaired) electrons. The summed E-state index contributed by atoms with van der Waals surface area (Å²) < 4.78 is 0. The highest BCUT2D eigenvalue weighted by Crippen LogP contribution is 2.01. The van der Waals surface area contributed by atoms with Crippen LogP contribution in [0, 0.1) is 0 Å². The summed E-state index contributed by atoms with van der Waals surface area (Å²) in [5.41, 5.74) is 10.9. The number of hydrogen-bond donors (Lipinski definition) is 4. The Morgan fingerprint density at radius 3 is 2.00 bits per heavy atom. The molecule has 6 nitrogen and oxygen atoms in total.